The number of tetrazole rings is 1. The maximum atomic E-state index is 13.2. The molecule has 5 rings (SSSR count). The molecule has 1 aliphatic carbocycles. The molecule has 3 heterocycles. The van der Waals surface area contributed by atoms with Crippen molar-refractivity contribution in [2.45, 2.75) is 96.9 Å². The number of rotatable bonds is 8. The van der Waals surface area contributed by atoms with Gasteiger partial charge in [-0.1, -0.05) is 37.8 Å². The third kappa shape index (κ3) is 5.19. The number of pyridine rings is 1. The first-order chi connectivity index (χ1) is 17.0. The first-order valence-corrected chi connectivity index (χ1v) is 13.3. The number of hydrogen-bond donors (Lipinski definition) is 1. The summed E-state index contributed by atoms with van der Waals surface area (Å²) >= 11 is 0. The number of nitrogens with zero attached hydrogens (tertiary/aromatic N) is 5. The minimum atomic E-state index is -0.0245. The number of benzene rings is 1. The van der Waals surface area contributed by atoms with Crippen molar-refractivity contribution >= 4 is 10.9 Å². The van der Waals surface area contributed by atoms with Crippen LogP contribution in [-0.2, 0) is 11.3 Å². The third-order valence-electron chi connectivity index (χ3n) is 7.77. The van der Waals surface area contributed by atoms with Crippen LogP contribution in [0.1, 0.15) is 92.9 Å². The molecule has 8 nitrogen and oxygen atoms in total. The van der Waals surface area contributed by atoms with Crippen LogP contribution in [0.4, 0.5) is 0 Å². The Hall–Kier alpha value is -2.58. The summed E-state index contributed by atoms with van der Waals surface area (Å²) in [5.41, 5.74) is 3.96. The van der Waals surface area contributed by atoms with Gasteiger partial charge in [0, 0.05) is 25.3 Å². The summed E-state index contributed by atoms with van der Waals surface area (Å²) in [6, 6.07) is 6.70. The zero-order valence-corrected chi connectivity index (χ0v) is 21.3. The number of aryl methyl sites for hydroxylation is 2. The predicted molar refractivity (Wildman–Crippen MR) is 136 cm³/mol. The maximum Gasteiger partial charge on any atom is 0.252 e. The molecule has 1 saturated carbocycles. The molecule has 0 spiro atoms. The van der Waals surface area contributed by atoms with Crippen LogP contribution in [0.3, 0.4) is 0 Å². The maximum absolute atomic E-state index is 13.2. The molecular weight excluding hydrogens is 440 g/mol. The fourth-order valence-corrected chi connectivity index (χ4v) is 6.03. The largest absolute Gasteiger partial charge is 0.377 e. The summed E-state index contributed by atoms with van der Waals surface area (Å²) in [6.07, 6.45) is 9.18. The van der Waals surface area contributed by atoms with E-state index >= 15 is 0 Å². The van der Waals surface area contributed by atoms with Crippen molar-refractivity contribution in [1.29, 1.82) is 0 Å². The molecule has 2 atom stereocenters. The fourth-order valence-electron chi connectivity index (χ4n) is 6.03. The third-order valence-corrected chi connectivity index (χ3v) is 7.77. The first kappa shape index (κ1) is 24.1. The second-order valence-corrected chi connectivity index (χ2v) is 10.4. The molecule has 3 aromatic rings. The molecule has 0 radical (unpaired) electrons. The summed E-state index contributed by atoms with van der Waals surface area (Å²) in [6.45, 7) is 8.44. The number of hydrogen-bond acceptors (Lipinski definition) is 6. The van der Waals surface area contributed by atoms with Crippen LogP contribution in [0, 0.1) is 13.8 Å². The van der Waals surface area contributed by atoms with E-state index < -0.39 is 0 Å². The van der Waals surface area contributed by atoms with Gasteiger partial charge < -0.3 is 9.72 Å². The second kappa shape index (κ2) is 10.6. The van der Waals surface area contributed by atoms with Gasteiger partial charge in [-0.15, -0.1) is 5.10 Å². The van der Waals surface area contributed by atoms with E-state index in [-0.39, 0.29) is 17.7 Å². The topological polar surface area (TPSA) is 88.9 Å². The minimum absolute atomic E-state index is 0.0190. The molecule has 8 heteroatoms. The number of aromatic amines is 1. The lowest BCUT2D eigenvalue weighted by molar-refractivity contribution is 0.0481. The Labute approximate surface area is 207 Å². The minimum Gasteiger partial charge on any atom is -0.377 e. The summed E-state index contributed by atoms with van der Waals surface area (Å²) in [5, 5.41) is 14.1. The second-order valence-electron chi connectivity index (χ2n) is 10.4. The average molecular weight is 479 g/mol. The monoisotopic (exact) mass is 478 g/mol. The van der Waals surface area contributed by atoms with Crippen molar-refractivity contribution in [3.63, 3.8) is 0 Å². The van der Waals surface area contributed by atoms with E-state index in [9.17, 15) is 4.79 Å². The molecule has 0 unspecified atom stereocenters. The standard InChI is InChI=1S/C27H38N6O2/c1-4-24(26-29-30-31-33(26)22-9-6-5-7-10-22)32(17-23-11-8-12-35-23)16-21-15-20-14-18(2)13-19(3)25(20)28-27(21)34/h13-15,22-24H,4-12,16-17H2,1-3H3,(H,28,34)/t23-,24+/m1/s1. The highest BCUT2D eigenvalue weighted by Crippen LogP contribution is 2.33. The number of aromatic nitrogens is 5. The lowest BCUT2D eigenvalue weighted by atomic mass is 9.95. The van der Waals surface area contributed by atoms with Gasteiger partial charge in [-0.05, 0) is 79.5 Å². The van der Waals surface area contributed by atoms with Crippen molar-refractivity contribution in [2.75, 3.05) is 13.2 Å². The van der Waals surface area contributed by atoms with Gasteiger partial charge in [0.05, 0.1) is 23.7 Å². The van der Waals surface area contributed by atoms with Gasteiger partial charge in [0.25, 0.3) is 5.56 Å². The van der Waals surface area contributed by atoms with E-state index in [1.807, 2.05) is 6.92 Å². The highest BCUT2D eigenvalue weighted by Gasteiger charge is 2.31. The summed E-state index contributed by atoms with van der Waals surface area (Å²) in [5.74, 6) is 0.918. The number of H-pyrrole nitrogens is 1. The van der Waals surface area contributed by atoms with Crippen molar-refractivity contribution in [2.24, 2.45) is 0 Å². The number of nitrogens with one attached hydrogen (secondary N) is 1. The van der Waals surface area contributed by atoms with Crippen LogP contribution in [-0.4, -0.2) is 49.3 Å². The zero-order chi connectivity index (χ0) is 24.4. The molecule has 188 valence electrons. The molecule has 1 aliphatic heterocycles. The first-order valence-electron chi connectivity index (χ1n) is 13.3. The molecule has 0 bridgehead atoms. The fraction of sp³-hybridized carbons (Fsp3) is 0.630. The zero-order valence-electron chi connectivity index (χ0n) is 21.3. The van der Waals surface area contributed by atoms with E-state index in [2.05, 4.69) is 62.1 Å². The van der Waals surface area contributed by atoms with E-state index in [4.69, 9.17) is 4.74 Å². The Bertz CT molecular complexity index is 1210. The van der Waals surface area contributed by atoms with Gasteiger partial charge in [-0.2, -0.15) is 0 Å². The molecule has 1 N–H and O–H groups in total. The molecule has 35 heavy (non-hydrogen) atoms. The number of fused-ring (bicyclic) bond motifs is 1. The van der Waals surface area contributed by atoms with E-state index in [0.29, 0.717) is 12.6 Å². The lowest BCUT2D eigenvalue weighted by Gasteiger charge is -2.33. The summed E-state index contributed by atoms with van der Waals surface area (Å²) in [4.78, 5) is 18.7. The molecule has 1 aromatic carbocycles. The van der Waals surface area contributed by atoms with Crippen LogP contribution < -0.4 is 5.56 Å². The SMILES string of the molecule is CC[C@@H](c1nnnn1C1CCCCC1)N(Cc1cc2cc(C)cc(C)c2[nH]c1=O)C[C@H]1CCCO1. The molecule has 2 fully saturated rings. The van der Waals surface area contributed by atoms with E-state index in [0.717, 1.165) is 73.1 Å². The van der Waals surface area contributed by atoms with Crippen LogP contribution >= 0.6 is 0 Å². The molecule has 1 saturated heterocycles. The van der Waals surface area contributed by atoms with E-state index in [1.54, 1.807) is 0 Å². The van der Waals surface area contributed by atoms with E-state index in [1.165, 1.54) is 24.8 Å². The quantitative estimate of drug-likeness (QED) is 0.502. The van der Waals surface area contributed by atoms with Gasteiger partial charge in [-0.25, -0.2) is 4.68 Å². The van der Waals surface area contributed by atoms with Crippen molar-refractivity contribution in [3.8, 4) is 0 Å². The van der Waals surface area contributed by atoms with Crippen molar-refractivity contribution in [3.05, 3.63) is 51.1 Å². The van der Waals surface area contributed by atoms with Crippen LogP contribution in [0.2, 0.25) is 0 Å². The van der Waals surface area contributed by atoms with Crippen molar-refractivity contribution < 1.29 is 4.74 Å². The Morgan fingerprint density at radius 3 is 2.71 bits per heavy atom. The highest BCUT2D eigenvalue weighted by molar-refractivity contribution is 5.82. The van der Waals surface area contributed by atoms with Crippen LogP contribution in [0.15, 0.2) is 23.0 Å². The van der Waals surface area contributed by atoms with Crippen LogP contribution in [0.25, 0.3) is 10.9 Å². The van der Waals surface area contributed by atoms with Gasteiger partial charge in [0.2, 0.25) is 0 Å². The molecule has 0 amide bonds. The van der Waals surface area contributed by atoms with Crippen LogP contribution in [0.5, 0.6) is 0 Å². The highest BCUT2D eigenvalue weighted by atomic mass is 16.5. The summed E-state index contributed by atoms with van der Waals surface area (Å²) in [7, 11) is 0. The molecule has 2 aromatic heterocycles. The molecular formula is C27H38N6O2. The summed E-state index contributed by atoms with van der Waals surface area (Å²) < 4.78 is 8.10. The van der Waals surface area contributed by atoms with Gasteiger partial charge in [0.15, 0.2) is 5.82 Å². The Kier molecular flexibility index (Phi) is 7.29. The smallest absolute Gasteiger partial charge is 0.252 e. The number of ether oxygens (including phenoxy) is 1. The predicted octanol–water partition coefficient (Wildman–Crippen LogP) is 4.77. The van der Waals surface area contributed by atoms with Gasteiger partial charge >= 0.3 is 0 Å². The van der Waals surface area contributed by atoms with Gasteiger partial charge in [-0.3, -0.25) is 9.69 Å². The van der Waals surface area contributed by atoms with Crippen molar-refractivity contribution in [1.82, 2.24) is 30.1 Å². The normalized spacial score (nSPS) is 20.2. The average Bonchev–Trinajstić information content (AvgIpc) is 3.54. The Balaban J connectivity index is 1.50. The molecule has 2 aliphatic rings. The lowest BCUT2D eigenvalue weighted by Crippen LogP contribution is -2.38. The Morgan fingerprint density at radius 2 is 1.97 bits per heavy atom. The van der Waals surface area contributed by atoms with Gasteiger partial charge in [0.1, 0.15) is 0 Å². The Morgan fingerprint density at radius 1 is 1.14 bits per heavy atom.